The molecule has 0 spiro atoms. The molecular weight excluding hydrogens is 386 g/mol. The van der Waals surface area contributed by atoms with Crippen LogP contribution in [0.15, 0.2) is 53.5 Å². The van der Waals surface area contributed by atoms with Crippen molar-refractivity contribution in [1.82, 2.24) is 15.1 Å². The fraction of sp³-hybridized carbons (Fsp3) is 0.320. The summed E-state index contributed by atoms with van der Waals surface area (Å²) >= 11 is 0. The summed E-state index contributed by atoms with van der Waals surface area (Å²) in [6, 6.07) is 15.7. The molecule has 1 aromatic heterocycles. The third-order valence-corrected chi connectivity index (χ3v) is 5.41. The van der Waals surface area contributed by atoms with Crippen molar-refractivity contribution < 1.29 is 4.79 Å². The molecule has 0 aliphatic carbocycles. The second-order valence-electron chi connectivity index (χ2n) is 8.16. The Kier molecular flexibility index (Phi) is 6.90. The molecule has 0 saturated carbocycles. The minimum atomic E-state index is -0.201. The van der Waals surface area contributed by atoms with Crippen molar-refractivity contribution in [2.45, 2.75) is 47.1 Å². The third-order valence-electron chi connectivity index (χ3n) is 5.41. The van der Waals surface area contributed by atoms with Crippen LogP contribution in [0.3, 0.4) is 0 Å². The van der Waals surface area contributed by atoms with E-state index in [1.54, 1.807) is 6.07 Å². The number of carbonyl (C=O) groups excluding carboxylic acids is 1. The fourth-order valence-corrected chi connectivity index (χ4v) is 3.37. The van der Waals surface area contributed by atoms with E-state index in [9.17, 15) is 4.79 Å². The van der Waals surface area contributed by atoms with Gasteiger partial charge in [-0.1, -0.05) is 43.7 Å². The van der Waals surface area contributed by atoms with Gasteiger partial charge in [-0.3, -0.25) is 14.8 Å². The van der Waals surface area contributed by atoms with Gasteiger partial charge in [0.2, 0.25) is 5.96 Å². The molecule has 6 nitrogen and oxygen atoms in total. The molecule has 1 amide bonds. The first kappa shape index (κ1) is 22.3. The summed E-state index contributed by atoms with van der Waals surface area (Å²) in [5.41, 5.74) is 6.81. The number of aliphatic imine (C=N–C) groups is 1. The van der Waals surface area contributed by atoms with Crippen molar-refractivity contribution in [2.24, 2.45) is 12.0 Å². The molecule has 1 heterocycles. The summed E-state index contributed by atoms with van der Waals surface area (Å²) < 4.78 is 1.85. The molecule has 0 radical (unpaired) electrons. The Balaban J connectivity index is 1.86. The zero-order valence-electron chi connectivity index (χ0n) is 19.2. The quantitative estimate of drug-likeness (QED) is 0.460. The average Bonchev–Trinajstić information content (AvgIpc) is 2.97. The Morgan fingerprint density at radius 2 is 1.81 bits per heavy atom. The van der Waals surface area contributed by atoms with E-state index in [2.05, 4.69) is 46.7 Å². The highest BCUT2D eigenvalue weighted by Gasteiger charge is 2.12. The first-order valence-electron chi connectivity index (χ1n) is 10.5. The summed E-state index contributed by atoms with van der Waals surface area (Å²) in [5.74, 6) is 0.666. The molecule has 0 saturated heterocycles. The topological polar surface area (TPSA) is 71.3 Å². The second-order valence-corrected chi connectivity index (χ2v) is 8.16. The maximum Gasteiger partial charge on any atom is 0.257 e. The number of rotatable bonds is 5. The van der Waals surface area contributed by atoms with E-state index >= 15 is 0 Å². The number of aromatic nitrogens is 2. The lowest BCUT2D eigenvalue weighted by Crippen LogP contribution is -2.36. The molecule has 6 heteroatoms. The van der Waals surface area contributed by atoms with Gasteiger partial charge in [0.1, 0.15) is 0 Å². The Morgan fingerprint density at radius 3 is 2.39 bits per heavy atom. The molecule has 3 rings (SSSR count). The molecule has 0 bridgehead atoms. The van der Waals surface area contributed by atoms with E-state index in [0.29, 0.717) is 24.0 Å². The molecule has 162 valence electrons. The van der Waals surface area contributed by atoms with Gasteiger partial charge in [-0.2, -0.15) is 5.10 Å². The molecule has 0 atom stereocenters. The van der Waals surface area contributed by atoms with Crippen LogP contribution in [0.25, 0.3) is 0 Å². The van der Waals surface area contributed by atoms with Crippen LogP contribution in [-0.4, -0.2) is 21.6 Å². The lowest BCUT2D eigenvalue weighted by Gasteiger charge is -2.13. The van der Waals surface area contributed by atoms with Gasteiger partial charge < -0.3 is 5.32 Å². The second kappa shape index (κ2) is 9.60. The molecule has 0 aliphatic rings. The number of amides is 1. The van der Waals surface area contributed by atoms with Gasteiger partial charge in [-0.15, -0.1) is 0 Å². The molecular formula is C25H31N5O. The highest BCUT2D eigenvalue weighted by atomic mass is 16.1. The molecule has 0 unspecified atom stereocenters. The molecule has 2 N–H and O–H groups in total. The van der Waals surface area contributed by atoms with Gasteiger partial charge in [0.15, 0.2) is 0 Å². The SMILES string of the molecule is Cc1cccc(C(=O)NC(=NCc2c(C)nn(C)c2C)Nc2ccc(C(C)C)cc2)c1. The largest absolute Gasteiger partial charge is 0.326 e. The molecule has 2 aromatic carbocycles. The lowest BCUT2D eigenvalue weighted by molar-refractivity contribution is 0.0977. The number of anilines is 1. The van der Waals surface area contributed by atoms with Crippen molar-refractivity contribution in [3.8, 4) is 0 Å². The van der Waals surface area contributed by atoms with Crippen molar-refractivity contribution in [2.75, 3.05) is 5.32 Å². The van der Waals surface area contributed by atoms with E-state index in [4.69, 9.17) is 0 Å². The molecule has 31 heavy (non-hydrogen) atoms. The monoisotopic (exact) mass is 417 g/mol. The number of nitrogens with zero attached hydrogens (tertiary/aromatic N) is 3. The van der Waals surface area contributed by atoms with E-state index in [1.165, 1.54) is 5.56 Å². The normalized spacial score (nSPS) is 11.6. The average molecular weight is 418 g/mol. The van der Waals surface area contributed by atoms with Crippen LogP contribution >= 0.6 is 0 Å². The Hall–Kier alpha value is -3.41. The lowest BCUT2D eigenvalue weighted by atomic mass is 10.0. The summed E-state index contributed by atoms with van der Waals surface area (Å²) in [7, 11) is 1.92. The van der Waals surface area contributed by atoms with Gasteiger partial charge in [-0.05, 0) is 56.5 Å². The van der Waals surface area contributed by atoms with Crippen molar-refractivity contribution in [3.63, 3.8) is 0 Å². The molecule has 0 aliphatic heterocycles. The van der Waals surface area contributed by atoms with E-state index < -0.39 is 0 Å². The number of benzene rings is 2. The van der Waals surface area contributed by atoms with Gasteiger partial charge >= 0.3 is 0 Å². The highest BCUT2D eigenvalue weighted by molar-refractivity contribution is 6.10. The third kappa shape index (κ3) is 5.60. The predicted molar refractivity (Wildman–Crippen MR) is 127 cm³/mol. The minimum Gasteiger partial charge on any atom is -0.326 e. The number of nitrogens with one attached hydrogen (secondary N) is 2. The van der Waals surface area contributed by atoms with E-state index in [-0.39, 0.29) is 5.91 Å². The van der Waals surface area contributed by atoms with E-state index in [0.717, 1.165) is 28.2 Å². The van der Waals surface area contributed by atoms with Gasteiger partial charge in [0.25, 0.3) is 5.91 Å². The standard InChI is InChI=1S/C25H31N5O/c1-16(2)20-10-12-22(13-11-20)27-25(26-15-23-18(4)29-30(6)19(23)5)28-24(31)21-9-7-8-17(3)14-21/h7-14,16H,15H2,1-6H3,(H2,26,27,28,31). The van der Waals surface area contributed by atoms with Crippen LogP contribution < -0.4 is 10.6 Å². The van der Waals surface area contributed by atoms with Crippen LogP contribution in [0.5, 0.6) is 0 Å². The minimum absolute atomic E-state index is 0.201. The van der Waals surface area contributed by atoms with Crippen molar-refractivity contribution >= 4 is 17.6 Å². The summed E-state index contributed by atoms with van der Waals surface area (Å²) in [4.78, 5) is 17.5. The van der Waals surface area contributed by atoms with Gasteiger partial charge in [-0.25, -0.2) is 4.99 Å². The van der Waals surface area contributed by atoms with Crippen LogP contribution in [0.1, 0.15) is 58.2 Å². The Bertz CT molecular complexity index is 1090. The van der Waals surface area contributed by atoms with Crippen molar-refractivity contribution in [1.29, 1.82) is 0 Å². The maximum atomic E-state index is 12.8. The van der Waals surface area contributed by atoms with Crippen LogP contribution in [-0.2, 0) is 13.6 Å². The first-order valence-corrected chi connectivity index (χ1v) is 10.5. The van der Waals surface area contributed by atoms with Crippen molar-refractivity contribution in [3.05, 3.63) is 82.2 Å². The summed E-state index contributed by atoms with van der Waals surface area (Å²) in [6.45, 7) is 10.7. The highest BCUT2D eigenvalue weighted by Crippen LogP contribution is 2.18. The van der Waals surface area contributed by atoms with Gasteiger partial charge in [0, 0.05) is 29.6 Å². The maximum absolute atomic E-state index is 12.8. The number of aryl methyl sites for hydroxylation is 3. The van der Waals surface area contributed by atoms with E-state index in [1.807, 2.05) is 62.8 Å². The molecule has 0 fully saturated rings. The number of hydrogen-bond donors (Lipinski definition) is 2. The first-order chi connectivity index (χ1) is 14.7. The Morgan fingerprint density at radius 1 is 1.10 bits per heavy atom. The van der Waals surface area contributed by atoms with Crippen LogP contribution in [0.4, 0.5) is 5.69 Å². The van der Waals surface area contributed by atoms with Crippen LogP contribution in [0, 0.1) is 20.8 Å². The Labute approximate surface area is 184 Å². The predicted octanol–water partition coefficient (Wildman–Crippen LogP) is 4.87. The van der Waals surface area contributed by atoms with Crippen LogP contribution in [0.2, 0.25) is 0 Å². The molecule has 3 aromatic rings. The number of hydrogen-bond acceptors (Lipinski definition) is 3. The zero-order valence-corrected chi connectivity index (χ0v) is 19.2. The summed E-state index contributed by atoms with van der Waals surface area (Å²) in [5, 5.41) is 10.7. The number of guanidine groups is 1. The number of carbonyl (C=O) groups is 1. The fourth-order valence-electron chi connectivity index (χ4n) is 3.37. The van der Waals surface area contributed by atoms with Gasteiger partial charge in [0.05, 0.1) is 12.2 Å². The zero-order chi connectivity index (χ0) is 22.5. The summed E-state index contributed by atoms with van der Waals surface area (Å²) in [6.07, 6.45) is 0. The smallest absolute Gasteiger partial charge is 0.257 e.